The smallest absolute Gasteiger partial charge is 0.100 e. The van der Waals surface area contributed by atoms with E-state index in [-0.39, 0.29) is 0 Å². The second-order valence-electron chi connectivity index (χ2n) is 13.0. The molecule has 52 heavy (non-hydrogen) atoms. The Morgan fingerprint density at radius 1 is 0.385 bits per heavy atom. The molecule has 0 amide bonds. The summed E-state index contributed by atoms with van der Waals surface area (Å²) >= 11 is 0. The van der Waals surface area contributed by atoms with E-state index >= 15 is 0 Å². The summed E-state index contributed by atoms with van der Waals surface area (Å²) in [5.41, 5.74) is 20.8. The van der Waals surface area contributed by atoms with Crippen LogP contribution in [0.15, 0.2) is 188 Å². The van der Waals surface area contributed by atoms with E-state index in [0.29, 0.717) is 5.56 Å². The molecule has 0 aliphatic rings. The van der Waals surface area contributed by atoms with Crippen LogP contribution in [0.1, 0.15) is 5.56 Å². The van der Waals surface area contributed by atoms with Gasteiger partial charge in [-0.3, -0.25) is 0 Å². The third kappa shape index (κ3) is 5.14. The lowest BCUT2D eigenvalue weighted by atomic mass is 9.79. The number of fused-ring (bicyclic) bond motifs is 3. The van der Waals surface area contributed by atoms with E-state index < -0.39 is 0 Å². The van der Waals surface area contributed by atoms with Crippen LogP contribution >= 0.6 is 0 Å². The Hall–Kier alpha value is -7.15. The van der Waals surface area contributed by atoms with Gasteiger partial charge in [0.25, 0.3) is 0 Å². The molecular formula is C49H33N3. The SMILES string of the molecule is N#Cc1c(-c2ccccc2)c(-c2ccccc2)c(-n2c3ccccc3c3cc(-c4ccc(N)cc4)ccc32)c(-c2ccccc2)c1-c1ccccc1. The van der Waals surface area contributed by atoms with Gasteiger partial charge in [-0.15, -0.1) is 0 Å². The first-order chi connectivity index (χ1) is 25.7. The van der Waals surface area contributed by atoms with Crippen LogP contribution < -0.4 is 5.73 Å². The standard InChI is InChI=1S/C49H33N3/c50-32-42-45(34-15-5-1-6-16-34)47(36-19-9-3-10-20-36)49(48(37-21-11-4-12-22-37)46(42)35-17-7-2-8-18-35)52-43-24-14-13-23-40(43)41-31-38(27-30-44(41)52)33-25-28-39(51)29-26-33/h1-31H,51H2. The Labute approximate surface area is 303 Å². The van der Waals surface area contributed by atoms with Gasteiger partial charge in [-0.05, 0) is 63.7 Å². The molecule has 0 radical (unpaired) electrons. The van der Waals surface area contributed by atoms with Crippen molar-refractivity contribution < 1.29 is 0 Å². The minimum atomic E-state index is 0.644. The summed E-state index contributed by atoms with van der Waals surface area (Å²) in [6.07, 6.45) is 0. The van der Waals surface area contributed by atoms with E-state index in [4.69, 9.17) is 5.73 Å². The van der Waals surface area contributed by atoms with Gasteiger partial charge in [0.05, 0.1) is 22.3 Å². The summed E-state index contributed by atoms with van der Waals surface area (Å²) in [5, 5.41) is 13.6. The molecule has 2 N–H and O–H groups in total. The summed E-state index contributed by atoms with van der Waals surface area (Å²) in [7, 11) is 0. The lowest BCUT2D eigenvalue weighted by Gasteiger charge is -2.27. The molecule has 0 bridgehead atoms. The highest BCUT2D eigenvalue weighted by atomic mass is 15.0. The van der Waals surface area contributed by atoms with Crippen LogP contribution in [0.5, 0.6) is 0 Å². The molecule has 244 valence electrons. The van der Waals surface area contributed by atoms with Crippen molar-refractivity contribution in [3.8, 4) is 67.4 Å². The van der Waals surface area contributed by atoms with Crippen LogP contribution in [0.25, 0.3) is 83.1 Å². The van der Waals surface area contributed by atoms with Gasteiger partial charge >= 0.3 is 0 Å². The maximum Gasteiger partial charge on any atom is 0.100 e. The Balaban J connectivity index is 1.54. The van der Waals surface area contributed by atoms with Crippen LogP contribution in [0, 0.1) is 11.3 Å². The molecule has 3 heteroatoms. The highest BCUT2D eigenvalue weighted by Crippen LogP contribution is 2.52. The number of nitriles is 1. The lowest BCUT2D eigenvalue weighted by molar-refractivity contribution is 1.18. The maximum atomic E-state index is 11.3. The van der Waals surface area contributed by atoms with Gasteiger partial charge in [0.1, 0.15) is 6.07 Å². The summed E-state index contributed by atoms with van der Waals surface area (Å²) in [4.78, 5) is 0. The van der Waals surface area contributed by atoms with Crippen molar-refractivity contribution in [3.63, 3.8) is 0 Å². The predicted molar refractivity (Wildman–Crippen MR) is 217 cm³/mol. The normalized spacial score (nSPS) is 11.1. The third-order valence-corrected chi connectivity index (χ3v) is 9.98. The molecule has 9 rings (SSSR count). The molecule has 0 saturated heterocycles. The molecule has 0 atom stereocenters. The third-order valence-electron chi connectivity index (χ3n) is 9.98. The highest BCUT2D eigenvalue weighted by molar-refractivity contribution is 6.14. The Morgan fingerprint density at radius 3 is 1.31 bits per heavy atom. The predicted octanol–water partition coefficient (Wildman–Crippen LogP) is 12.6. The number of aromatic nitrogens is 1. The molecule has 0 aliphatic heterocycles. The second-order valence-corrected chi connectivity index (χ2v) is 13.0. The van der Waals surface area contributed by atoms with Crippen molar-refractivity contribution in [1.82, 2.24) is 4.57 Å². The van der Waals surface area contributed by atoms with Crippen molar-refractivity contribution >= 4 is 27.5 Å². The van der Waals surface area contributed by atoms with Crippen molar-refractivity contribution in [2.45, 2.75) is 0 Å². The number of hydrogen-bond acceptors (Lipinski definition) is 2. The van der Waals surface area contributed by atoms with Crippen LogP contribution in [0.3, 0.4) is 0 Å². The van der Waals surface area contributed by atoms with Crippen LogP contribution in [-0.2, 0) is 0 Å². The topological polar surface area (TPSA) is 54.7 Å². The Morgan fingerprint density at radius 2 is 0.808 bits per heavy atom. The van der Waals surface area contributed by atoms with Crippen LogP contribution in [0.2, 0.25) is 0 Å². The summed E-state index contributed by atoms with van der Waals surface area (Å²) in [6.45, 7) is 0. The van der Waals surface area contributed by atoms with Gasteiger partial charge < -0.3 is 10.3 Å². The van der Waals surface area contributed by atoms with Crippen molar-refractivity contribution in [2.75, 3.05) is 5.73 Å². The van der Waals surface area contributed by atoms with Gasteiger partial charge in [0, 0.05) is 38.7 Å². The van der Waals surface area contributed by atoms with Crippen LogP contribution in [-0.4, -0.2) is 4.57 Å². The minimum absolute atomic E-state index is 0.644. The quantitative estimate of drug-likeness (QED) is 0.180. The lowest BCUT2D eigenvalue weighted by Crippen LogP contribution is -2.07. The maximum absolute atomic E-state index is 11.3. The molecule has 0 spiro atoms. The zero-order valence-electron chi connectivity index (χ0n) is 28.4. The number of hydrogen-bond donors (Lipinski definition) is 1. The van der Waals surface area contributed by atoms with Crippen molar-refractivity contribution in [1.29, 1.82) is 5.26 Å². The van der Waals surface area contributed by atoms with E-state index in [2.05, 4.69) is 162 Å². The number of rotatable bonds is 6. The van der Waals surface area contributed by atoms with E-state index in [1.807, 2.05) is 36.4 Å². The Kier molecular flexibility index (Phi) is 7.69. The first-order valence-electron chi connectivity index (χ1n) is 17.5. The van der Waals surface area contributed by atoms with E-state index in [1.165, 1.54) is 0 Å². The molecule has 1 aromatic heterocycles. The fourth-order valence-electron chi connectivity index (χ4n) is 7.70. The number of benzene rings is 8. The first kappa shape index (κ1) is 30.9. The number of nitrogen functional groups attached to an aromatic ring is 1. The van der Waals surface area contributed by atoms with Crippen molar-refractivity contribution in [2.24, 2.45) is 0 Å². The highest BCUT2D eigenvalue weighted by Gasteiger charge is 2.30. The average Bonchev–Trinajstić information content (AvgIpc) is 3.54. The second kappa shape index (κ2) is 12.9. The van der Waals surface area contributed by atoms with E-state index in [0.717, 1.165) is 88.8 Å². The van der Waals surface area contributed by atoms with Gasteiger partial charge in [-0.25, -0.2) is 0 Å². The number of para-hydroxylation sites is 1. The largest absolute Gasteiger partial charge is 0.399 e. The molecule has 8 aromatic carbocycles. The number of nitrogens with two attached hydrogens (primary N) is 1. The van der Waals surface area contributed by atoms with Gasteiger partial charge in [0.2, 0.25) is 0 Å². The molecule has 0 unspecified atom stereocenters. The summed E-state index contributed by atoms with van der Waals surface area (Å²) in [5.74, 6) is 0. The minimum Gasteiger partial charge on any atom is -0.399 e. The molecule has 9 aromatic rings. The van der Waals surface area contributed by atoms with E-state index in [9.17, 15) is 5.26 Å². The monoisotopic (exact) mass is 663 g/mol. The first-order valence-corrected chi connectivity index (χ1v) is 17.5. The van der Waals surface area contributed by atoms with Gasteiger partial charge in [0.15, 0.2) is 0 Å². The average molecular weight is 664 g/mol. The van der Waals surface area contributed by atoms with Gasteiger partial charge in [-0.2, -0.15) is 5.26 Å². The fraction of sp³-hybridized carbons (Fsp3) is 0. The van der Waals surface area contributed by atoms with Crippen LogP contribution in [0.4, 0.5) is 5.69 Å². The zero-order valence-corrected chi connectivity index (χ0v) is 28.4. The Bertz CT molecular complexity index is 2650. The number of nitrogens with zero attached hydrogens (tertiary/aromatic N) is 2. The molecule has 0 fully saturated rings. The number of anilines is 1. The van der Waals surface area contributed by atoms with Gasteiger partial charge in [-0.1, -0.05) is 158 Å². The molecule has 0 saturated carbocycles. The summed E-state index contributed by atoms with van der Waals surface area (Å²) < 4.78 is 2.43. The molecule has 1 heterocycles. The van der Waals surface area contributed by atoms with Crippen molar-refractivity contribution in [3.05, 3.63) is 194 Å². The van der Waals surface area contributed by atoms with E-state index in [1.54, 1.807) is 0 Å². The fourth-order valence-corrected chi connectivity index (χ4v) is 7.70. The zero-order chi connectivity index (χ0) is 35.0. The molecular weight excluding hydrogens is 631 g/mol. The molecule has 0 aliphatic carbocycles. The molecule has 3 nitrogen and oxygen atoms in total. The summed E-state index contributed by atoms with van der Waals surface area (Å²) in [6, 6.07) is 68.0.